The number of esters is 4. The highest BCUT2D eigenvalue weighted by Crippen LogP contribution is 2.25. The van der Waals surface area contributed by atoms with Gasteiger partial charge in [0.2, 0.25) is 0 Å². The molecule has 0 amide bonds. The van der Waals surface area contributed by atoms with Crippen LogP contribution in [0.3, 0.4) is 0 Å². The highest BCUT2D eigenvalue weighted by Gasteiger charge is 2.15. The van der Waals surface area contributed by atoms with E-state index < -0.39 is 11.9 Å². The van der Waals surface area contributed by atoms with Crippen LogP contribution in [-0.2, 0) is 9.47 Å². The highest BCUT2D eigenvalue weighted by molar-refractivity contribution is 5.97. The molecule has 46 heavy (non-hydrogen) atoms. The van der Waals surface area contributed by atoms with Gasteiger partial charge in [0.1, 0.15) is 11.5 Å². The summed E-state index contributed by atoms with van der Waals surface area (Å²) >= 11 is 0. The Kier molecular flexibility index (Phi) is 9.99. The molecule has 5 aromatic carbocycles. The number of ether oxygens (including phenoxy) is 4. The Morgan fingerprint density at radius 1 is 0.413 bits per heavy atom. The number of hydrogen-bond acceptors (Lipinski definition) is 8. The first-order valence-corrected chi connectivity index (χ1v) is 14.6. The molecule has 5 rings (SSSR count). The first-order valence-electron chi connectivity index (χ1n) is 14.6. The van der Waals surface area contributed by atoms with Gasteiger partial charge < -0.3 is 18.9 Å². The molecule has 0 spiro atoms. The van der Waals surface area contributed by atoms with Crippen LogP contribution in [0.25, 0.3) is 22.3 Å². The summed E-state index contributed by atoms with van der Waals surface area (Å²) < 4.78 is 21.1. The Hall–Kier alpha value is -6.02. The van der Waals surface area contributed by atoms with Crippen molar-refractivity contribution in [3.63, 3.8) is 0 Å². The average Bonchev–Trinajstić information content (AvgIpc) is 3.09. The lowest BCUT2D eigenvalue weighted by atomic mass is 10.0. The number of rotatable bonds is 10. The number of hydrogen-bond donors (Lipinski definition) is 0. The van der Waals surface area contributed by atoms with Gasteiger partial charge in [0.15, 0.2) is 0 Å². The van der Waals surface area contributed by atoms with Gasteiger partial charge in [-0.2, -0.15) is 0 Å². The molecule has 0 aliphatic rings. The molecule has 0 aromatic heterocycles. The fraction of sp³-hybridized carbons (Fsp3) is 0.105. The van der Waals surface area contributed by atoms with Crippen molar-refractivity contribution < 1.29 is 38.1 Å². The summed E-state index contributed by atoms with van der Waals surface area (Å²) in [6, 6.07) is 34.1. The van der Waals surface area contributed by atoms with Gasteiger partial charge >= 0.3 is 23.9 Å². The van der Waals surface area contributed by atoms with E-state index in [1.54, 1.807) is 105 Å². The summed E-state index contributed by atoms with van der Waals surface area (Å²) in [5.41, 5.74) is 4.84. The number of carbonyl (C=O) groups excluding carboxylic acids is 4. The van der Waals surface area contributed by atoms with E-state index >= 15 is 0 Å². The third-order valence-corrected chi connectivity index (χ3v) is 6.92. The maximum atomic E-state index is 12.9. The van der Waals surface area contributed by atoms with E-state index in [-0.39, 0.29) is 23.1 Å². The van der Waals surface area contributed by atoms with E-state index in [0.29, 0.717) is 35.8 Å². The molecule has 0 heterocycles. The van der Waals surface area contributed by atoms with Crippen molar-refractivity contribution >= 4 is 23.9 Å². The van der Waals surface area contributed by atoms with Crippen molar-refractivity contribution in [2.45, 2.75) is 13.8 Å². The number of benzene rings is 5. The van der Waals surface area contributed by atoms with Gasteiger partial charge in [-0.15, -0.1) is 0 Å². The summed E-state index contributed by atoms with van der Waals surface area (Å²) in [6.07, 6.45) is 0. The standard InChI is InChI=1S/C38H30O8/c1-3-43-35(39)29-12-8-25(9-13-29)27-16-20-33(21-17-27)45-37(41)31-6-5-7-32(24-31)38(42)46-34-22-18-28(19-23-34)26-10-14-30(15-11-26)36(40)44-4-2/h5-24H,3-4H2,1-2H3. The molecule has 0 radical (unpaired) electrons. The summed E-state index contributed by atoms with van der Waals surface area (Å²) in [6.45, 7) is 4.13. The SMILES string of the molecule is CCOC(=O)c1ccc(-c2ccc(OC(=O)c3cccc(C(=O)Oc4ccc(-c5ccc(C(=O)OCC)cc5)cc4)c3)cc2)cc1. The second-order valence-corrected chi connectivity index (χ2v) is 10.0. The molecular weight excluding hydrogens is 584 g/mol. The monoisotopic (exact) mass is 614 g/mol. The summed E-state index contributed by atoms with van der Waals surface area (Å²) in [7, 11) is 0. The number of carbonyl (C=O) groups is 4. The van der Waals surface area contributed by atoms with E-state index in [1.807, 2.05) is 24.3 Å². The van der Waals surface area contributed by atoms with E-state index in [1.165, 1.54) is 6.07 Å². The third kappa shape index (κ3) is 7.73. The van der Waals surface area contributed by atoms with Crippen LogP contribution in [0.4, 0.5) is 0 Å². The van der Waals surface area contributed by atoms with Gasteiger partial charge in [0, 0.05) is 0 Å². The largest absolute Gasteiger partial charge is 0.462 e. The van der Waals surface area contributed by atoms with E-state index in [0.717, 1.165) is 22.3 Å². The van der Waals surface area contributed by atoms with Crippen LogP contribution in [0.1, 0.15) is 55.3 Å². The smallest absolute Gasteiger partial charge is 0.343 e. The van der Waals surface area contributed by atoms with Gasteiger partial charge in [-0.3, -0.25) is 0 Å². The van der Waals surface area contributed by atoms with Crippen molar-refractivity contribution in [3.05, 3.63) is 144 Å². The Morgan fingerprint density at radius 3 is 1.07 bits per heavy atom. The zero-order valence-electron chi connectivity index (χ0n) is 25.2. The fourth-order valence-corrected chi connectivity index (χ4v) is 4.56. The van der Waals surface area contributed by atoms with Gasteiger partial charge in [-0.25, -0.2) is 19.2 Å². The minimum absolute atomic E-state index is 0.190. The van der Waals surface area contributed by atoms with Gasteiger partial charge in [-0.1, -0.05) is 54.6 Å². The van der Waals surface area contributed by atoms with Crippen LogP contribution < -0.4 is 9.47 Å². The summed E-state index contributed by atoms with van der Waals surface area (Å²) in [5.74, 6) is -1.33. The molecule has 0 aliphatic carbocycles. The minimum atomic E-state index is -0.625. The molecule has 0 saturated heterocycles. The van der Waals surface area contributed by atoms with Crippen LogP contribution in [0.5, 0.6) is 11.5 Å². The maximum absolute atomic E-state index is 12.9. The van der Waals surface area contributed by atoms with Crippen molar-refractivity contribution in [2.24, 2.45) is 0 Å². The van der Waals surface area contributed by atoms with Gasteiger partial charge in [-0.05, 0) is 103 Å². The second kappa shape index (κ2) is 14.6. The quantitative estimate of drug-likeness (QED) is 0.116. The molecule has 0 fully saturated rings. The Labute approximate surface area is 266 Å². The van der Waals surface area contributed by atoms with Gasteiger partial charge in [0.05, 0.1) is 35.5 Å². The summed E-state index contributed by atoms with van der Waals surface area (Å²) in [5, 5.41) is 0. The Morgan fingerprint density at radius 2 is 0.739 bits per heavy atom. The molecule has 0 atom stereocenters. The molecule has 8 nitrogen and oxygen atoms in total. The van der Waals surface area contributed by atoms with Crippen molar-refractivity contribution in [1.29, 1.82) is 0 Å². The van der Waals surface area contributed by atoms with E-state index in [2.05, 4.69) is 0 Å². The van der Waals surface area contributed by atoms with E-state index in [9.17, 15) is 19.2 Å². The molecular formula is C38H30O8. The lowest BCUT2D eigenvalue weighted by Gasteiger charge is -2.09. The minimum Gasteiger partial charge on any atom is -0.462 e. The average molecular weight is 615 g/mol. The van der Waals surface area contributed by atoms with E-state index in [4.69, 9.17) is 18.9 Å². The van der Waals surface area contributed by atoms with Gasteiger partial charge in [0.25, 0.3) is 0 Å². The zero-order chi connectivity index (χ0) is 32.5. The zero-order valence-corrected chi connectivity index (χ0v) is 25.2. The molecule has 0 N–H and O–H groups in total. The molecule has 230 valence electrons. The van der Waals surface area contributed by atoms with Crippen LogP contribution in [0, 0.1) is 0 Å². The predicted molar refractivity (Wildman–Crippen MR) is 172 cm³/mol. The first kappa shape index (κ1) is 31.4. The van der Waals surface area contributed by atoms with Crippen molar-refractivity contribution in [3.8, 4) is 33.8 Å². The lowest BCUT2D eigenvalue weighted by Crippen LogP contribution is -2.12. The Balaban J connectivity index is 1.18. The topological polar surface area (TPSA) is 105 Å². The second-order valence-electron chi connectivity index (χ2n) is 10.0. The lowest BCUT2D eigenvalue weighted by molar-refractivity contribution is 0.0517. The molecule has 0 saturated carbocycles. The van der Waals surface area contributed by atoms with Crippen LogP contribution >= 0.6 is 0 Å². The fourth-order valence-electron chi connectivity index (χ4n) is 4.56. The molecule has 5 aromatic rings. The predicted octanol–water partition coefficient (Wildman–Crippen LogP) is 7.81. The van der Waals surface area contributed by atoms with Crippen LogP contribution in [0.15, 0.2) is 121 Å². The summed E-state index contributed by atoms with van der Waals surface area (Å²) in [4.78, 5) is 49.5. The molecule has 8 heteroatoms. The molecule has 0 bridgehead atoms. The third-order valence-electron chi connectivity index (χ3n) is 6.92. The maximum Gasteiger partial charge on any atom is 0.343 e. The van der Waals surface area contributed by atoms with Crippen LogP contribution in [0.2, 0.25) is 0 Å². The molecule has 0 aliphatic heterocycles. The van der Waals surface area contributed by atoms with Crippen LogP contribution in [-0.4, -0.2) is 37.1 Å². The van der Waals surface area contributed by atoms with Crippen molar-refractivity contribution in [2.75, 3.05) is 13.2 Å². The first-order chi connectivity index (χ1) is 22.3. The normalized spacial score (nSPS) is 10.5. The Bertz CT molecular complexity index is 1710. The molecule has 0 unspecified atom stereocenters. The highest BCUT2D eigenvalue weighted by atomic mass is 16.5. The van der Waals surface area contributed by atoms with Crippen molar-refractivity contribution in [1.82, 2.24) is 0 Å².